The molecule has 0 bridgehead atoms. The predicted molar refractivity (Wildman–Crippen MR) is 98.5 cm³/mol. The van der Waals surface area contributed by atoms with Crippen LogP contribution >= 0.6 is 11.8 Å². The number of pyridine rings is 1. The molecule has 0 N–H and O–H groups in total. The van der Waals surface area contributed by atoms with Crippen LogP contribution in [0, 0.1) is 6.92 Å². The van der Waals surface area contributed by atoms with Gasteiger partial charge >= 0.3 is 5.63 Å². The van der Waals surface area contributed by atoms with Gasteiger partial charge in [0.1, 0.15) is 5.58 Å². The van der Waals surface area contributed by atoms with E-state index in [1.807, 2.05) is 55.6 Å². The molecule has 0 radical (unpaired) electrons. The van der Waals surface area contributed by atoms with Crippen LogP contribution in [0.2, 0.25) is 0 Å². The predicted octanol–water partition coefficient (Wildman–Crippen LogP) is 4.94. The Bertz CT molecular complexity index is 1100. The number of fused-ring (bicyclic) bond motifs is 2. The molecule has 4 rings (SSSR count). The molecule has 2 heterocycles. The van der Waals surface area contributed by atoms with E-state index in [4.69, 9.17) is 4.42 Å². The van der Waals surface area contributed by atoms with Gasteiger partial charge in [0.25, 0.3) is 0 Å². The number of hydrogen-bond acceptors (Lipinski definition) is 4. The van der Waals surface area contributed by atoms with Gasteiger partial charge in [0.2, 0.25) is 0 Å². The molecule has 0 amide bonds. The Morgan fingerprint density at radius 2 is 1.92 bits per heavy atom. The lowest BCUT2D eigenvalue weighted by molar-refractivity contribution is 0.559. The van der Waals surface area contributed by atoms with Gasteiger partial charge in [-0.25, -0.2) is 4.79 Å². The van der Waals surface area contributed by atoms with Gasteiger partial charge in [-0.1, -0.05) is 30.3 Å². The molecule has 0 saturated carbocycles. The highest BCUT2D eigenvalue weighted by Crippen LogP contribution is 2.31. The van der Waals surface area contributed by atoms with Crippen LogP contribution in [0.3, 0.4) is 0 Å². The summed E-state index contributed by atoms with van der Waals surface area (Å²) in [5.74, 6) is 0.708. The molecule has 0 aliphatic heterocycles. The fourth-order valence-electron chi connectivity index (χ4n) is 2.81. The summed E-state index contributed by atoms with van der Waals surface area (Å²) >= 11 is 1.71. The lowest BCUT2D eigenvalue weighted by Crippen LogP contribution is -2.00. The average Bonchev–Trinajstić information content (AvgIpc) is 2.59. The first-order chi connectivity index (χ1) is 11.7. The molecule has 118 valence electrons. The van der Waals surface area contributed by atoms with Crippen LogP contribution in [-0.2, 0) is 5.75 Å². The highest BCUT2D eigenvalue weighted by atomic mass is 32.2. The second kappa shape index (κ2) is 6.13. The van der Waals surface area contributed by atoms with E-state index in [9.17, 15) is 4.79 Å². The Morgan fingerprint density at radius 3 is 2.83 bits per heavy atom. The van der Waals surface area contributed by atoms with Gasteiger partial charge in [-0.15, -0.1) is 11.8 Å². The smallest absolute Gasteiger partial charge is 0.336 e. The first-order valence-electron chi connectivity index (χ1n) is 7.71. The number of aromatic nitrogens is 1. The Hall–Kier alpha value is -2.59. The van der Waals surface area contributed by atoms with Crippen LogP contribution in [0.5, 0.6) is 0 Å². The van der Waals surface area contributed by atoms with Gasteiger partial charge in [-0.05, 0) is 36.2 Å². The van der Waals surface area contributed by atoms with Gasteiger partial charge in [-0.2, -0.15) is 0 Å². The number of hydrogen-bond donors (Lipinski definition) is 0. The maximum Gasteiger partial charge on any atom is 0.336 e. The van der Waals surface area contributed by atoms with Gasteiger partial charge < -0.3 is 4.42 Å². The van der Waals surface area contributed by atoms with Gasteiger partial charge in [0.15, 0.2) is 0 Å². The van der Waals surface area contributed by atoms with Crippen LogP contribution < -0.4 is 5.63 Å². The summed E-state index contributed by atoms with van der Waals surface area (Å²) in [5, 5.41) is 2.12. The maximum absolute atomic E-state index is 11.9. The van der Waals surface area contributed by atoms with E-state index < -0.39 is 0 Å². The van der Waals surface area contributed by atoms with Crippen molar-refractivity contribution in [2.24, 2.45) is 0 Å². The fourth-order valence-corrected chi connectivity index (χ4v) is 3.84. The zero-order valence-corrected chi connectivity index (χ0v) is 14.0. The Labute approximate surface area is 143 Å². The van der Waals surface area contributed by atoms with Gasteiger partial charge in [0, 0.05) is 33.7 Å². The number of aryl methyl sites for hydroxylation is 1. The number of thioether (sulfide) groups is 1. The molecule has 0 aliphatic carbocycles. The lowest BCUT2D eigenvalue weighted by Gasteiger charge is -2.08. The average molecular weight is 333 g/mol. The molecule has 0 fully saturated rings. The summed E-state index contributed by atoms with van der Waals surface area (Å²) in [5.41, 5.74) is 3.40. The van der Waals surface area contributed by atoms with Crippen molar-refractivity contribution < 1.29 is 4.42 Å². The van der Waals surface area contributed by atoms with E-state index in [0.29, 0.717) is 11.3 Å². The minimum atomic E-state index is -0.303. The third-order valence-corrected chi connectivity index (χ3v) is 5.10. The van der Waals surface area contributed by atoms with Crippen molar-refractivity contribution in [3.05, 3.63) is 82.3 Å². The van der Waals surface area contributed by atoms with Crippen molar-refractivity contribution in [3.8, 4) is 0 Å². The molecule has 0 spiro atoms. The van der Waals surface area contributed by atoms with Crippen LogP contribution in [0.4, 0.5) is 0 Å². The molecule has 2 aromatic carbocycles. The van der Waals surface area contributed by atoms with Crippen LogP contribution in [0.1, 0.15) is 11.1 Å². The summed E-state index contributed by atoms with van der Waals surface area (Å²) in [7, 11) is 0. The largest absolute Gasteiger partial charge is 0.423 e. The topological polar surface area (TPSA) is 43.1 Å². The molecule has 0 saturated heterocycles. The van der Waals surface area contributed by atoms with Crippen molar-refractivity contribution in [2.45, 2.75) is 17.6 Å². The van der Waals surface area contributed by atoms with E-state index in [-0.39, 0.29) is 5.63 Å². The molecule has 24 heavy (non-hydrogen) atoms. The molecular weight excluding hydrogens is 318 g/mol. The molecule has 0 atom stereocenters. The first kappa shape index (κ1) is 15.0. The van der Waals surface area contributed by atoms with Crippen LogP contribution in [0.25, 0.3) is 21.9 Å². The molecule has 3 nitrogen and oxygen atoms in total. The van der Waals surface area contributed by atoms with Gasteiger partial charge in [-0.3, -0.25) is 4.98 Å². The summed E-state index contributed by atoms with van der Waals surface area (Å²) in [6.45, 7) is 1.99. The van der Waals surface area contributed by atoms with Crippen LogP contribution in [-0.4, -0.2) is 4.98 Å². The highest BCUT2D eigenvalue weighted by Gasteiger charge is 2.08. The van der Waals surface area contributed by atoms with E-state index in [1.54, 1.807) is 17.8 Å². The molecule has 4 aromatic rings. The SMILES string of the molecule is Cc1ccc2c(CSc3ccnc4ccccc34)cc(=O)oc2c1. The zero-order chi connectivity index (χ0) is 16.5. The second-order valence-electron chi connectivity index (χ2n) is 5.71. The quantitative estimate of drug-likeness (QED) is 0.393. The third kappa shape index (κ3) is 2.81. The molecular formula is C20H15NO2S. The van der Waals surface area contributed by atoms with Crippen LogP contribution in [0.15, 0.2) is 74.9 Å². The summed E-state index contributed by atoms with van der Waals surface area (Å²) in [4.78, 5) is 17.4. The number of rotatable bonds is 3. The lowest BCUT2D eigenvalue weighted by atomic mass is 10.1. The van der Waals surface area contributed by atoms with Crippen molar-refractivity contribution in [3.63, 3.8) is 0 Å². The van der Waals surface area contributed by atoms with Crippen molar-refractivity contribution in [1.82, 2.24) is 4.98 Å². The number of nitrogens with zero attached hydrogens (tertiary/aromatic N) is 1. The highest BCUT2D eigenvalue weighted by molar-refractivity contribution is 7.98. The molecule has 2 aromatic heterocycles. The fraction of sp³-hybridized carbons (Fsp3) is 0.100. The minimum absolute atomic E-state index is 0.303. The van der Waals surface area contributed by atoms with E-state index >= 15 is 0 Å². The minimum Gasteiger partial charge on any atom is -0.423 e. The molecule has 0 unspecified atom stereocenters. The zero-order valence-electron chi connectivity index (χ0n) is 13.2. The van der Waals surface area contributed by atoms with Crippen molar-refractivity contribution >= 4 is 33.6 Å². The Kier molecular flexibility index (Phi) is 3.82. The standard InChI is InChI=1S/C20H15NO2S/c1-13-6-7-15-14(11-20(22)23-18(15)10-13)12-24-19-8-9-21-17-5-3-2-4-16(17)19/h2-11H,12H2,1H3. The number of para-hydroxylation sites is 1. The Morgan fingerprint density at radius 1 is 1.04 bits per heavy atom. The summed E-state index contributed by atoms with van der Waals surface area (Å²) in [6.07, 6.45) is 1.82. The van der Waals surface area contributed by atoms with E-state index in [1.165, 1.54) is 0 Å². The van der Waals surface area contributed by atoms with E-state index in [0.717, 1.165) is 32.3 Å². The summed E-state index contributed by atoms with van der Waals surface area (Å²) < 4.78 is 5.33. The van der Waals surface area contributed by atoms with E-state index in [2.05, 4.69) is 11.1 Å². The monoisotopic (exact) mass is 333 g/mol. The maximum atomic E-state index is 11.9. The molecule has 4 heteroatoms. The number of benzene rings is 2. The van der Waals surface area contributed by atoms with Gasteiger partial charge in [0.05, 0.1) is 5.52 Å². The van der Waals surface area contributed by atoms with Crippen molar-refractivity contribution in [2.75, 3.05) is 0 Å². The normalized spacial score (nSPS) is 11.2. The third-order valence-electron chi connectivity index (χ3n) is 3.98. The Balaban J connectivity index is 1.73. The van der Waals surface area contributed by atoms with Crippen molar-refractivity contribution in [1.29, 1.82) is 0 Å². The summed E-state index contributed by atoms with van der Waals surface area (Å²) in [6, 6.07) is 17.7. The second-order valence-corrected chi connectivity index (χ2v) is 6.72. The molecule has 0 aliphatic rings. The first-order valence-corrected chi connectivity index (χ1v) is 8.69.